The molecule has 5 heteroatoms. The zero-order chi connectivity index (χ0) is 17.6. The number of carbonyl (C=O) groups is 1. The highest BCUT2D eigenvalue weighted by Gasteiger charge is 2.52. The normalized spacial score (nSPS) is 30.4. The topological polar surface area (TPSA) is 70.6 Å². The number of carbonyl (C=O) groups excluding carboxylic acids is 1. The van der Waals surface area contributed by atoms with E-state index < -0.39 is 6.10 Å². The molecule has 0 unspecified atom stereocenters. The SMILES string of the molecule is CCC(CC)O[C@H]1[C@H](NC(C)=O)[C@@H](NC)CC(CC)(CC)[C@@H]1O. The van der Waals surface area contributed by atoms with Gasteiger partial charge in [-0.2, -0.15) is 0 Å². The lowest BCUT2D eigenvalue weighted by Crippen LogP contribution is -2.67. The summed E-state index contributed by atoms with van der Waals surface area (Å²) < 4.78 is 6.30. The minimum atomic E-state index is -0.570. The Kier molecular flexibility index (Phi) is 7.98. The summed E-state index contributed by atoms with van der Waals surface area (Å²) in [4.78, 5) is 11.7. The summed E-state index contributed by atoms with van der Waals surface area (Å²) in [6.45, 7) is 9.98. The number of amides is 1. The number of aliphatic hydroxyl groups is 1. The predicted octanol–water partition coefficient (Wildman–Crippen LogP) is 2.22. The zero-order valence-corrected chi connectivity index (χ0v) is 15.7. The van der Waals surface area contributed by atoms with Crippen LogP contribution >= 0.6 is 0 Å². The van der Waals surface area contributed by atoms with Gasteiger partial charge in [0.25, 0.3) is 0 Å². The van der Waals surface area contributed by atoms with Crippen LogP contribution in [0.15, 0.2) is 0 Å². The summed E-state index contributed by atoms with van der Waals surface area (Å²) >= 11 is 0. The monoisotopic (exact) mass is 328 g/mol. The second kappa shape index (κ2) is 9.00. The molecule has 0 spiro atoms. The van der Waals surface area contributed by atoms with E-state index in [0.29, 0.717) is 0 Å². The second-order valence-electron chi connectivity index (χ2n) is 6.88. The van der Waals surface area contributed by atoms with Crippen LogP contribution < -0.4 is 10.6 Å². The van der Waals surface area contributed by atoms with Crippen molar-refractivity contribution >= 4 is 5.91 Å². The van der Waals surface area contributed by atoms with E-state index in [9.17, 15) is 9.90 Å². The summed E-state index contributed by atoms with van der Waals surface area (Å²) in [6, 6.07) is -0.110. The van der Waals surface area contributed by atoms with Gasteiger partial charge in [-0.1, -0.05) is 27.7 Å². The quantitative estimate of drug-likeness (QED) is 0.639. The second-order valence-corrected chi connectivity index (χ2v) is 6.88. The molecule has 5 nitrogen and oxygen atoms in total. The molecule has 23 heavy (non-hydrogen) atoms. The maximum Gasteiger partial charge on any atom is 0.217 e. The molecule has 0 radical (unpaired) electrons. The Balaban J connectivity index is 3.16. The predicted molar refractivity (Wildman–Crippen MR) is 93.3 cm³/mol. The van der Waals surface area contributed by atoms with Crippen molar-refractivity contribution in [2.75, 3.05) is 7.05 Å². The van der Waals surface area contributed by atoms with Gasteiger partial charge in [-0.25, -0.2) is 0 Å². The van der Waals surface area contributed by atoms with Gasteiger partial charge in [0.15, 0.2) is 0 Å². The molecule has 0 heterocycles. The van der Waals surface area contributed by atoms with Crippen LogP contribution in [0.1, 0.15) is 66.7 Å². The van der Waals surface area contributed by atoms with Crippen molar-refractivity contribution in [2.45, 2.75) is 97.1 Å². The van der Waals surface area contributed by atoms with Crippen LogP contribution in [0.4, 0.5) is 0 Å². The molecule has 0 aromatic heterocycles. The van der Waals surface area contributed by atoms with Gasteiger partial charge in [-0.15, -0.1) is 0 Å². The molecule has 1 saturated carbocycles. The van der Waals surface area contributed by atoms with Crippen molar-refractivity contribution in [3.05, 3.63) is 0 Å². The highest BCUT2D eigenvalue weighted by Crippen LogP contribution is 2.44. The van der Waals surface area contributed by atoms with E-state index in [4.69, 9.17) is 4.74 Å². The summed E-state index contributed by atoms with van der Waals surface area (Å²) in [7, 11) is 1.92. The molecule has 3 N–H and O–H groups in total. The fraction of sp³-hybridized carbons (Fsp3) is 0.944. The third-order valence-electron chi connectivity index (χ3n) is 5.76. The van der Waals surface area contributed by atoms with E-state index in [1.807, 2.05) is 7.05 Å². The Hall–Kier alpha value is -0.650. The summed E-state index contributed by atoms with van der Waals surface area (Å²) in [5.74, 6) is -0.0823. The van der Waals surface area contributed by atoms with Crippen molar-refractivity contribution < 1.29 is 14.6 Å². The number of nitrogens with one attached hydrogen (secondary N) is 2. The summed E-state index contributed by atoms with van der Waals surface area (Å²) in [5.41, 5.74) is -0.167. The van der Waals surface area contributed by atoms with Crippen LogP contribution in [0.5, 0.6) is 0 Å². The average molecular weight is 328 g/mol. The van der Waals surface area contributed by atoms with Crippen LogP contribution in [0, 0.1) is 5.41 Å². The Labute approximate surface area is 141 Å². The lowest BCUT2D eigenvalue weighted by molar-refractivity contribution is -0.170. The minimum absolute atomic E-state index is 0.0823. The smallest absolute Gasteiger partial charge is 0.217 e. The molecular weight excluding hydrogens is 292 g/mol. The van der Waals surface area contributed by atoms with Crippen LogP contribution in [0.2, 0.25) is 0 Å². The number of likely N-dealkylation sites (N-methyl/N-ethyl adjacent to an activating group) is 1. The van der Waals surface area contributed by atoms with E-state index in [-0.39, 0.29) is 35.6 Å². The molecule has 1 rings (SSSR count). The molecule has 0 bridgehead atoms. The van der Waals surface area contributed by atoms with Crippen LogP contribution in [-0.2, 0) is 9.53 Å². The Morgan fingerprint density at radius 1 is 1.26 bits per heavy atom. The van der Waals surface area contributed by atoms with Crippen molar-refractivity contribution in [3.63, 3.8) is 0 Å². The highest BCUT2D eigenvalue weighted by atomic mass is 16.5. The van der Waals surface area contributed by atoms with Crippen molar-refractivity contribution in [2.24, 2.45) is 5.41 Å². The van der Waals surface area contributed by atoms with Gasteiger partial charge in [-0.3, -0.25) is 4.79 Å². The highest BCUT2D eigenvalue weighted by molar-refractivity contribution is 5.73. The maximum absolute atomic E-state index is 11.7. The third kappa shape index (κ3) is 4.46. The molecule has 1 fully saturated rings. The average Bonchev–Trinajstić information content (AvgIpc) is 2.55. The number of hydrogen-bond donors (Lipinski definition) is 3. The lowest BCUT2D eigenvalue weighted by atomic mass is 9.63. The Morgan fingerprint density at radius 2 is 1.83 bits per heavy atom. The fourth-order valence-electron chi connectivity index (χ4n) is 3.98. The van der Waals surface area contributed by atoms with E-state index in [0.717, 1.165) is 32.1 Å². The van der Waals surface area contributed by atoms with Crippen LogP contribution in [0.3, 0.4) is 0 Å². The van der Waals surface area contributed by atoms with Crippen molar-refractivity contribution in [3.8, 4) is 0 Å². The molecular formula is C18H36N2O3. The molecule has 1 amide bonds. The van der Waals surface area contributed by atoms with E-state index in [2.05, 4.69) is 38.3 Å². The van der Waals surface area contributed by atoms with Gasteiger partial charge in [0.2, 0.25) is 5.91 Å². The number of rotatable bonds is 8. The molecule has 0 aliphatic heterocycles. The largest absolute Gasteiger partial charge is 0.390 e. The summed E-state index contributed by atoms with van der Waals surface area (Å²) in [6.07, 6.45) is 3.61. The van der Waals surface area contributed by atoms with Crippen molar-refractivity contribution in [1.82, 2.24) is 10.6 Å². The van der Waals surface area contributed by atoms with Gasteiger partial charge in [-0.05, 0) is 44.6 Å². The molecule has 0 saturated heterocycles. The van der Waals surface area contributed by atoms with Gasteiger partial charge in [0.1, 0.15) is 6.10 Å². The Bertz CT molecular complexity index is 367. The van der Waals surface area contributed by atoms with E-state index >= 15 is 0 Å². The molecule has 1 aliphatic carbocycles. The van der Waals surface area contributed by atoms with Gasteiger partial charge in [0.05, 0.1) is 18.2 Å². The standard InChI is InChI=1S/C18H36N2O3/c1-7-13(8-2)23-16-15(20-12(5)21)14(19-6)11-18(9-3,10-4)17(16)22/h13-17,19,22H,7-11H2,1-6H3,(H,20,21)/t14-,15+,16-,17+/m0/s1. The molecule has 0 aromatic rings. The maximum atomic E-state index is 11.7. The molecule has 1 aliphatic rings. The first-order valence-corrected chi connectivity index (χ1v) is 9.16. The first kappa shape index (κ1) is 20.4. The van der Waals surface area contributed by atoms with Gasteiger partial charge < -0.3 is 20.5 Å². The number of hydrogen-bond acceptors (Lipinski definition) is 4. The first-order valence-electron chi connectivity index (χ1n) is 9.16. The first-order chi connectivity index (χ1) is 10.9. The molecule has 0 aromatic carbocycles. The minimum Gasteiger partial charge on any atom is -0.390 e. The van der Waals surface area contributed by atoms with E-state index in [1.165, 1.54) is 6.92 Å². The molecule has 4 atom stereocenters. The lowest BCUT2D eigenvalue weighted by Gasteiger charge is -2.52. The summed E-state index contributed by atoms with van der Waals surface area (Å²) in [5, 5.41) is 17.5. The zero-order valence-electron chi connectivity index (χ0n) is 15.7. The Morgan fingerprint density at radius 3 is 2.22 bits per heavy atom. The van der Waals surface area contributed by atoms with Crippen LogP contribution in [-0.4, -0.2) is 48.5 Å². The van der Waals surface area contributed by atoms with Gasteiger partial charge in [0, 0.05) is 13.0 Å². The molecule has 136 valence electrons. The van der Waals surface area contributed by atoms with Crippen molar-refractivity contribution in [1.29, 1.82) is 0 Å². The number of aliphatic hydroxyl groups excluding tert-OH is 1. The third-order valence-corrected chi connectivity index (χ3v) is 5.76. The fourth-order valence-corrected chi connectivity index (χ4v) is 3.98. The van der Waals surface area contributed by atoms with Gasteiger partial charge >= 0.3 is 0 Å². The number of ether oxygens (including phenoxy) is 1. The van der Waals surface area contributed by atoms with Crippen LogP contribution in [0.25, 0.3) is 0 Å². The van der Waals surface area contributed by atoms with E-state index in [1.54, 1.807) is 0 Å².